The number of rotatable bonds is 4. The highest BCUT2D eigenvalue weighted by Gasteiger charge is 2.21. The van der Waals surface area contributed by atoms with E-state index in [1.54, 1.807) is 18.3 Å². The van der Waals surface area contributed by atoms with Crippen molar-refractivity contribution in [1.82, 2.24) is 5.43 Å². The van der Waals surface area contributed by atoms with E-state index in [1.165, 1.54) is 24.2 Å². The molecule has 0 radical (unpaired) electrons. The fourth-order valence-corrected chi connectivity index (χ4v) is 3.49. The molecule has 0 aliphatic carbocycles. The number of amides is 1. The summed E-state index contributed by atoms with van der Waals surface area (Å²) in [6.45, 7) is 6.81. The molecular formula is C21H25N3O2. The topological polar surface area (TPSA) is 64.9 Å². The van der Waals surface area contributed by atoms with Crippen LogP contribution in [0.15, 0.2) is 53.6 Å². The third-order valence-electron chi connectivity index (χ3n) is 4.64. The largest absolute Gasteiger partial charge is 0.508 e. The van der Waals surface area contributed by atoms with E-state index in [0.717, 1.165) is 30.5 Å². The third-order valence-corrected chi connectivity index (χ3v) is 4.64. The Morgan fingerprint density at radius 2 is 1.69 bits per heavy atom. The Hall–Kier alpha value is -2.82. The minimum absolute atomic E-state index is 0.127. The lowest BCUT2D eigenvalue weighted by molar-refractivity contribution is 0.0955. The number of benzene rings is 2. The fourth-order valence-electron chi connectivity index (χ4n) is 3.49. The highest BCUT2D eigenvalue weighted by Crippen LogP contribution is 2.26. The number of piperidine rings is 1. The van der Waals surface area contributed by atoms with Gasteiger partial charge in [0, 0.05) is 24.3 Å². The predicted molar refractivity (Wildman–Crippen MR) is 105 cm³/mol. The van der Waals surface area contributed by atoms with E-state index in [9.17, 15) is 9.90 Å². The van der Waals surface area contributed by atoms with Crippen LogP contribution in [0.1, 0.15) is 36.2 Å². The van der Waals surface area contributed by atoms with Gasteiger partial charge in [0.2, 0.25) is 0 Å². The van der Waals surface area contributed by atoms with Crippen LogP contribution in [0.4, 0.5) is 5.69 Å². The van der Waals surface area contributed by atoms with E-state index in [-0.39, 0.29) is 11.7 Å². The minimum Gasteiger partial charge on any atom is -0.508 e. The van der Waals surface area contributed by atoms with Gasteiger partial charge in [-0.15, -0.1) is 0 Å². The fraction of sp³-hybridized carbons (Fsp3) is 0.333. The third kappa shape index (κ3) is 4.63. The Kier molecular flexibility index (Phi) is 5.56. The second kappa shape index (κ2) is 8.04. The average molecular weight is 351 g/mol. The lowest BCUT2D eigenvalue weighted by atomic mass is 9.91. The van der Waals surface area contributed by atoms with E-state index in [1.807, 2.05) is 12.1 Å². The maximum Gasteiger partial charge on any atom is 0.271 e. The van der Waals surface area contributed by atoms with Crippen LogP contribution in [-0.4, -0.2) is 30.3 Å². The van der Waals surface area contributed by atoms with Crippen molar-refractivity contribution in [1.29, 1.82) is 0 Å². The van der Waals surface area contributed by atoms with Crippen LogP contribution < -0.4 is 10.3 Å². The van der Waals surface area contributed by atoms with Gasteiger partial charge < -0.3 is 10.0 Å². The molecule has 1 aliphatic rings. The van der Waals surface area contributed by atoms with Crippen LogP contribution in [0.25, 0.3) is 0 Å². The zero-order valence-electron chi connectivity index (χ0n) is 15.2. The summed E-state index contributed by atoms with van der Waals surface area (Å²) in [5.74, 6) is 1.25. The molecule has 0 saturated carbocycles. The number of nitrogens with one attached hydrogen (secondary N) is 1. The smallest absolute Gasteiger partial charge is 0.271 e. The van der Waals surface area contributed by atoms with Crippen LogP contribution in [0.2, 0.25) is 0 Å². The Labute approximate surface area is 154 Å². The normalized spacial score (nSPS) is 20.3. The molecule has 1 saturated heterocycles. The van der Waals surface area contributed by atoms with Gasteiger partial charge in [-0.2, -0.15) is 5.10 Å². The molecule has 2 unspecified atom stereocenters. The van der Waals surface area contributed by atoms with Crippen molar-refractivity contribution in [2.75, 3.05) is 18.0 Å². The molecule has 2 aromatic rings. The SMILES string of the molecule is CC1CC(C)CN(c2ccc(/C=N/NC(=O)c3ccc(O)cc3)cc2)C1. The molecule has 2 aromatic carbocycles. The molecule has 26 heavy (non-hydrogen) atoms. The number of hydrogen-bond acceptors (Lipinski definition) is 4. The Bertz CT molecular complexity index is 759. The van der Waals surface area contributed by atoms with Gasteiger partial charge in [0.25, 0.3) is 5.91 Å². The van der Waals surface area contributed by atoms with Gasteiger partial charge >= 0.3 is 0 Å². The molecule has 0 aromatic heterocycles. The number of hydrazone groups is 1. The summed E-state index contributed by atoms with van der Waals surface area (Å²) in [5, 5.41) is 13.2. The monoisotopic (exact) mass is 351 g/mol. The van der Waals surface area contributed by atoms with E-state index >= 15 is 0 Å². The second-order valence-corrected chi connectivity index (χ2v) is 7.19. The van der Waals surface area contributed by atoms with Crippen LogP contribution in [0, 0.1) is 11.8 Å². The van der Waals surface area contributed by atoms with Gasteiger partial charge in [-0.3, -0.25) is 4.79 Å². The van der Waals surface area contributed by atoms with Crippen molar-refractivity contribution in [2.45, 2.75) is 20.3 Å². The summed E-state index contributed by atoms with van der Waals surface area (Å²) < 4.78 is 0. The number of carbonyl (C=O) groups is 1. The molecule has 1 fully saturated rings. The summed E-state index contributed by atoms with van der Waals surface area (Å²) in [5.41, 5.74) is 5.10. The van der Waals surface area contributed by atoms with Gasteiger partial charge in [-0.25, -0.2) is 5.43 Å². The minimum atomic E-state index is -0.311. The van der Waals surface area contributed by atoms with E-state index < -0.39 is 0 Å². The molecule has 136 valence electrons. The summed E-state index contributed by atoms with van der Waals surface area (Å²) in [6, 6.07) is 14.3. The first-order valence-electron chi connectivity index (χ1n) is 8.98. The quantitative estimate of drug-likeness (QED) is 0.653. The first kappa shape index (κ1) is 18.0. The maximum absolute atomic E-state index is 12.0. The number of nitrogens with zero attached hydrogens (tertiary/aromatic N) is 2. The molecule has 3 rings (SSSR count). The van der Waals surface area contributed by atoms with Gasteiger partial charge in [0.15, 0.2) is 0 Å². The first-order valence-corrected chi connectivity index (χ1v) is 8.98. The number of phenolic OH excluding ortho intramolecular Hbond substituents is 1. The van der Waals surface area contributed by atoms with Crippen LogP contribution in [0.3, 0.4) is 0 Å². The van der Waals surface area contributed by atoms with E-state index in [2.05, 4.69) is 41.4 Å². The van der Waals surface area contributed by atoms with Gasteiger partial charge in [-0.1, -0.05) is 26.0 Å². The Balaban J connectivity index is 1.57. The van der Waals surface area contributed by atoms with Crippen molar-refractivity contribution in [3.63, 3.8) is 0 Å². The summed E-state index contributed by atoms with van der Waals surface area (Å²) in [7, 11) is 0. The Morgan fingerprint density at radius 1 is 1.08 bits per heavy atom. The summed E-state index contributed by atoms with van der Waals surface area (Å²) in [4.78, 5) is 14.4. The number of hydrogen-bond donors (Lipinski definition) is 2. The molecule has 2 N–H and O–H groups in total. The van der Waals surface area contributed by atoms with Crippen molar-refractivity contribution in [2.24, 2.45) is 16.9 Å². The molecule has 2 atom stereocenters. The van der Waals surface area contributed by atoms with Crippen molar-refractivity contribution in [3.05, 3.63) is 59.7 Å². The van der Waals surface area contributed by atoms with Crippen molar-refractivity contribution < 1.29 is 9.90 Å². The van der Waals surface area contributed by atoms with Gasteiger partial charge in [0.1, 0.15) is 5.75 Å². The predicted octanol–water partition coefficient (Wildman–Crippen LogP) is 3.64. The molecule has 0 spiro atoms. The molecule has 0 bridgehead atoms. The highest BCUT2D eigenvalue weighted by atomic mass is 16.3. The lowest BCUT2D eigenvalue weighted by Crippen LogP contribution is -2.38. The standard InChI is InChI=1S/C21H25N3O2/c1-15-11-16(2)14-24(13-15)19-7-3-17(4-8-19)12-22-23-21(26)18-5-9-20(25)10-6-18/h3-10,12,15-16,25H,11,13-14H2,1-2H3,(H,23,26)/b22-12+. The molecule has 1 aliphatic heterocycles. The zero-order valence-corrected chi connectivity index (χ0v) is 15.2. The van der Waals surface area contributed by atoms with Crippen LogP contribution in [-0.2, 0) is 0 Å². The molecule has 5 nitrogen and oxygen atoms in total. The lowest BCUT2D eigenvalue weighted by Gasteiger charge is -2.36. The number of aromatic hydroxyl groups is 1. The summed E-state index contributed by atoms with van der Waals surface area (Å²) in [6.07, 6.45) is 2.92. The van der Waals surface area contributed by atoms with E-state index in [0.29, 0.717) is 5.56 Å². The maximum atomic E-state index is 12.0. The first-order chi connectivity index (χ1) is 12.5. The van der Waals surface area contributed by atoms with Crippen molar-refractivity contribution in [3.8, 4) is 5.75 Å². The summed E-state index contributed by atoms with van der Waals surface area (Å²) >= 11 is 0. The van der Waals surface area contributed by atoms with Crippen LogP contribution in [0.5, 0.6) is 5.75 Å². The number of carbonyl (C=O) groups excluding carboxylic acids is 1. The molecule has 1 heterocycles. The van der Waals surface area contributed by atoms with Crippen molar-refractivity contribution >= 4 is 17.8 Å². The van der Waals surface area contributed by atoms with Gasteiger partial charge in [0.05, 0.1) is 6.21 Å². The molecular weight excluding hydrogens is 326 g/mol. The van der Waals surface area contributed by atoms with E-state index in [4.69, 9.17) is 0 Å². The molecule has 5 heteroatoms. The van der Waals surface area contributed by atoms with Gasteiger partial charge in [-0.05, 0) is 60.2 Å². The molecule has 1 amide bonds. The Morgan fingerprint density at radius 3 is 2.31 bits per heavy atom. The number of anilines is 1. The van der Waals surface area contributed by atoms with Crippen LogP contribution >= 0.6 is 0 Å². The zero-order chi connectivity index (χ0) is 18.5. The highest BCUT2D eigenvalue weighted by molar-refractivity contribution is 5.95. The second-order valence-electron chi connectivity index (χ2n) is 7.19. The average Bonchev–Trinajstić information content (AvgIpc) is 2.62. The number of phenols is 1.